The number of hydrogen-bond acceptors (Lipinski definition) is 8. The molecule has 8 nitrogen and oxygen atoms in total. The van der Waals surface area contributed by atoms with Crippen molar-refractivity contribution in [2.75, 3.05) is 33.0 Å². The van der Waals surface area contributed by atoms with Gasteiger partial charge >= 0.3 is 17.9 Å². The van der Waals surface area contributed by atoms with Gasteiger partial charge in [0.2, 0.25) is 0 Å². The number of carbonyl (C=O) groups is 3. The smallest absolute Gasteiger partial charge is 0.318 e. The molecule has 0 spiro atoms. The van der Waals surface area contributed by atoms with Crippen LogP contribution in [0.25, 0.3) is 11.1 Å². The van der Waals surface area contributed by atoms with Gasteiger partial charge in [0.15, 0.2) is 0 Å². The van der Waals surface area contributed by atoms with E-state index >= 15 is 0 Å². The van der Waals surface area contributed by atoms with E-state index in [-0.39, 0.29) is 13.2 Å². The molecule has 46 heavy (non-hydrogen) atoms. The van der Waals surface area contributed by atoms with Gasteiger partial charge in [-0.05, 0) is 61.1 Å². The Balaban J connectivity index is 1.48. The highest BCUT2D eigenvalue weighted by molar-refractivity contribution is 5.78. The Kier molecular flexibility index (Phi) is 18.5. The standard InChI is InChI=1S/C38H56O8/c1-6-30(2)27-44-36-23-19-34(20-24-36)33-17-21-35(22-18-33)42-25-15-13-11-9-7-8-10-12-14-16-26-43-37(41)38(5,28-45-31(3)39)29-46-32(4)40/h17-24,30H,6-16,25-29H2,1-5H3. The Morgan fingerprint density at radius 3 is 1.46 bits per heavy atom. The van der Waals surface area contributed by atoms with Gasteiger partial charge in [0.05, 0.1) is 19.8 Å². The first-order chi connectivity index (χ1) is 22.1. The van der Waals surface area contributed by atoms with Crippen LogP contribution in [0.1, 0.15) is 105 Å². The second-order valence-corrected chi connectivity index (χ2v) is 12.5. The number of hydrogen-bond donors (Lipinski definition) is 0. The van der Waals surface area contributed by atoms with Crippen molar-refractivity contribution in [3.8, 4) is 22.6 Å². The molecule has 0 aromatic heterocycles. The molecule has 2 aromatic rings. The highest BCUT2D eigenvalue weighted by atomic mass is 16.6. The molecule has 0 aliphatic rings. The molecule has 0 saturated carbocycles. The predicted octanol–water partition coefficient (Wildman–Crippen LogP) is 8.73. The highest BCUT2D eigenvalue weighted by Gasteiger charge is 2.38. The van der Waals surface area contributed by atoms with E-state index in [0.29, 0.717) is 12.5 Å². The van der Waals surface area contributed by atoms with Gasteiger partial charge in [0.25, 0.3) is 0 Å². The molecule has 0 amide bonds. The fourth-order valence-electron chi connectivity index (χ4n) is 4.67. The van der Waals surface area contributed by atoms with E-state index in [0.717, 1.165) is 62.4 Å². The van der Waals surface area contributed by atoms with Crippen LogP contribution in [0, 0.1) is 11.3 Å². The minimum Gasteiger partial charge on any atom is -0.494 e. The molecule has 0 saturated heterocycles. The van der Waals surface area contributed by atoms with Crippen molar-refractivity contribution < 1.29 is 38.1 Å². The second-order valence-electron chi connectivity index (χ2n) is 12.5. The van der Waals surface area contributed by atoms with Crippen LogP contribution in [-0.2, 0) is 28.6 Å². The third kappa shape index (κ3) is 16.1. The lowest BCUT2D eigenvalue weighted by molar-refractivity contribution is -0.169. The van der Waals surface area contributed by atoms with E-state index in [4.69, 9.17) is 23.7 Å². The topological polar surface area (TPSA) is 97.4 Å². The number of rotatable bonds is 24. The molecule has 2 aromatic carbocycles. The molecule has 2 rings (SSSR count). The Labute approximate surface area is 276 Å². The van der Waals surface area contributed by atoms with Crippen molar-refractivity contribution in [3.05, 3.63) is 48.5 Å². The summed E-state index contributed by atoms with van der Waals surface area (Å²) < 4.78 is 27.2. The molecule has 0 aliphatic carbocycles. The first-order valence-corrected chi connectivity index (χ1v) is 17.0. The zero-order chi connectivity index (χ0) is 33.6. The summed E-state index contributed by atoms with van der Waals surface area (Å²) in [5.41, 5.74) is 1.11. The lowest BCUT2D eigenvalue weighted by atomic mass is 9.93. The molecule has 0 aliphatic heterocycles. The van der Waals surface area contributed by atoms with Crippen LogP contribution in [0.2, 0.25) is 0 Å². The maximum atomic E-state index is 12.6. The third-order valence-corrected chi connectivity index (χ3v) is 7.99. The summed E-state index contributed by atoms with van der Waals surface area (Å²) in [5.74, 6) is 0.842. The van der Waals surface area contributed by atoms with Crippen molar-refractivity contribution in [2.45, 2.75) is 105 Å². The van der Waals surface area contributed by atoms with Crippen LogP contribution in [0.5, 0.6) is 11.5 Å². The first-order valence-electron chi connectivity index (χ1n) is 17.0. The first kappa shape index (κ1) is 38.6. The van der Waals surface area contributed by atoms with Crippen LogP contribution >= 0.6 is 0 Å². The van der Waals surface area contributed by atoms with E-state index in [1.54, 1.807) is 6.92 Å². The van der Waals surface area contributed by atoms with Crippen LogP contribution in [0.15, 0.2) is 48.5 Å². The number of esters is 3. The number of unbranched alkanes of at least 4 members (excludes halogenated alkanes) is 9. The molecule has 8 heteroatoms. The lowest BCUT2D eigenvalue weighted by Crippen LogP contribution is -2.40. The minimum atomic E-state index is -1.22. The zero-order valence-corrected chi connectivity index (χ0v) is 28.8. The molecule has 0 fully saturated rings. The molecule has 0 radical (unpaired) electrons. The third-order valence-electron chi connectivity index (χ3n) is 7.99. The molecule has 0 N–H and O–H groups in total. The van der Waals surface area contributed by atoms with E-state index in [1.165, 1.54) is 57.9 Å². The minimum absolute atomic E-state index is 0.193. The zero-order valence-electron chi connectivity index (χ0n) is 28.8. The summed E-state index contributed by atoms with van der Waals surface area (Å²) in [6.07, 6.45) is 12.2. The SMILES string of the molecule is CCC(C)COc1ccc(-c2ccc(OCCCCCCCCCCCCOC(=O)C(C)(COC(C)=O)COC(C)=O)cc2)cc1. The highest BCUT2D eigenvalue weighted by Crippen LogP contribution is 2.25. The Morgan fingerprint density at radius 2 is 1.02 bits per heavy atom. The van der Waals surface area contributed by atoms with Gasteiger partial charge in [0, 0.05) is 13.8 Å². The summed E-state index contributed by atoms with van der Waals surface area (Å²) in [6.45, 7) is 9.87. The van der Waals surface area contributed by atoms with Crippen LogP contribution < -0.4 is 9.47 Å². The maximum absolute atomic E-state index is 12.6. The fourth-order valence-corrected chi connectivity index (χ4v) is 4.67. The van der Waals surface area contributed by atoms with Gasteiger partial charge in [-0.2, -0.15) is 0 Å². The van der Waals surface area contributed by atoms with E-state index in [1.807, 2.05) is 24.3 Å². The van der Waals surface area contributed by atoms with Crippen LogP contribution in [0.3, 0.4) is 0 Å². The second kappa shape index (κ2) is 22.1. The number of benzene rings is 2. The van der Waals surface area contributed by atoms with Crippen molar-refractivity contribution in [1.82, 2.24) is 0 Å². The summed E-state index contributed by atoms with van der Waals surface area (Å²) in [4.78, 5) is 34.9. The van der Waals surface area contributed by atoms with Crippen molar-refractivity contribution >= 4 is 17.9 Å². The fraction of sp³-hybridized carbons (Fsp3) is 0.605. The summed E-state index contributed by atoms with van der Waals surface area (Å²) in [6, 6.07) is 16.6. The average Bonchev–Trinajstić information content (AvgIpc) is 3.05. The Morgan fingerprint density at radius 1 is 0.609 bits per heavy atom. The molecule has 1 unspecified atom stereocenters. The van der Waals surface area contributed by atoms with Crippen LogP contribution in [-0.4, -0.2) is 50.9 Å². The van der Waals surface area contributed by atoms with Gasteiger partial charge < -0.3 is 23.7 Å². The Hall–Kier alpha value is -3.55. The molecular formula is C38H56O8. The maximum Gasteiger partial charge on any atom is 0.318 e. The van der Waals surface area contributed by atoms with Crippen molar-refractivity contribution in [3.63, 3.8) is 0 Å². The van der Waals surface area contributed by atoms with Gasteiger partial charge in [-0.15, -0.1) is 0 Å². The van der Waals surface area contributed by atoms with Gasteiger partial charge in [-0.3, -0.25) is 14.4 Å². The summed E-state index contributed by atoms with van der Waals surface area (Å²) in [7, 11) is 0. The average molecular weight is 641 g/mol. The molecule has 0 bridgehead atoms. The molecule has 1 atom stereocenters. The number of ether oxygens (including phenoxy) is 5. The Bertz CT molecular complexity index is 1120. The van der Waals surface area contributed by atoms with Crippen molar-refractivity contribution in [2.24, 2.45) is 11.3 Å². The van der Waals surface area contributed by atoms with Crippen LogP contribution in [0.4, 0.5) is 0 Å². The normalized spacial score (nSPS) is 11.8. The van der Waals surface area contributed by atoms with Crippen molar-refractivity contribution in [1.29, 1.82) is 0 Å². The number of carbonyl (C=O) groups excluding carboxylic acids is 3. The molecule has 256 valence electrons. The summed E-state index contributed by atoms with van der Waals surface area (Å²) >= 11 is 0. The van der Waals surface area contributed by atoms with E-state index in [9.17, 15) is 14.4 Å². The molecular weight excluding hydrogens is 584 g/mol. The monoisotopic (exact) mass is 640 g/mol. The lowest BCUT2D eigenvalue weighted by Gasteiger charge is -2.26. The van der Waals surface area contributed by atoms with E-state index < -0.39 is 23.3 Å². The summed E-state index contributed by atoms with van der Waals surface area (Å²) in [5, 5.41) is 0. The molecule has 0 heterocycles. The van der Waals surface area contributed by atoms with E-state index in [2.05, 4.69) is 38.1 Å². The predicted molar refractivity (Wildman–Crippen MR) is 181 cm³/mol. The largest absolute Gasteiger partial charge is 0.494 e. The van der Waals surface area contributed by atoms with Gasteiger partial charge in [-0.25, -0.2) is 0 Å². The van der Waals surface area contributed by atoms with Gasteiger partial charge in [0.1, 0.15) is 30.1 Å². The van der Waals surface area contributed by atoms with Gasteiger partial charge in [-0.1, -0.05) is 95.9 Å². The quantitative estimate of drug-likeness (QED) is 0.0638.